The molecule has 1 heterocycles. The van der Waals surface area contributed by atoms with E-state index in [1.54, 1.807) is 7.11 Å². The van der Waals surface area contributed by atoms with Crippen LogP contribution in [0.25, 0.3) is 11.0 Å². The SMILES string of the molecule is COc1ccccc1OCCCn1c(C(C)NC(C)=O)nc2ccccc21. The molecule has 0 saturated heterocycles. The summed E-state index contributed by atoms with van der Waals surface area (Å²) in [5.41, 5.74) is 1.98. The lowest BCUT2D eigenvalue weighted by Gasteiger charge is -2.16. The number of aryl methyl sites for hydroxylation is 1. The number of benzene rings is 2. The molecule has 0 saturated carbocycles. The van der Waals surface area contributed by atoms with Crippen LogP contribution in [0.3, 0.4) is 0 Å². The summed E-state index contributed by atoms with van der Waals surface area (Å²) >= 11 is 0. The maximum Gasteiger partial charge on any atom is 0.217 e. The third-order valence-electron chi connectivity index (χ3n) is 4.34. The number of fused-ring (bicyclic) bond motifs is 1. The Labute approximate surface area is 159 Å². The highest BCUT2D eigenvalue weighted by atomic mass is 16.5. The monoisotopic (exact) mass is 367 g/mol. The molecule has 3 rings (SSSR count). The fraction of sp³-hybridized carbons (Fsp3) is 0.333. The number of imidazole rings is 1. The number of nitrogens with zero attached hydrogens (tertiary/aromatic N) is 2. The van der Waals surface area contributed by atoms with Gasteiger partial charge in [0.15, 0.2) is 11.5 Å². The molecule has 0 fully saturated rings. The number of ether oxygens (including phenoxy) is 2. The summed E-state index contributed by atoms with van der Waals surface area (Å²) in [6.07, 6.45) is 0.804. The van der Waals surface area contributed by atoms with Crippen LogP contribution >= 0.6 is 0 Å². The highest BCUT2D eigenvalue weighted by Crippen LogP contribution is 2.26. The summed E-state index contributed by atoms with van der Waals surface area (Å²) in [6.45, 7) is 4.77. The zero-order valence-electron chi connectivity index (χ0n) is 15.9. The predicted octanol–water partition coefficient (Wildman–Crippen LogP) is 3.71. The average molecular weight is 367 g/mol. The van der Waals surface area contributed by atoms with E-state index < -0.39 is 0 Å². The maximum atomic E-state index is 11.5. The highest BCUT2D eigenvalue weighted by molar-refractivity contribution is 5.77. The molecular formula is C21H25N3O3. The molecule has 1 aromatic heterocycles. The highest BCUT2D eigenvalue weighted by Gasteiger charge is 2.17. The van der Waals surface area contributed by atoms with Crippen molar-refractivity contribution < 1.29 is 14.3 Å². The molecule has 1 amide bonds. The van der Waals surface area contributed by atoms with Crippen LogP contribution in [0.1, 0.15) is 32.1 Å². The van der Waals surface area contributed by atoms with Crippen LogP contribution < -0.4 is 14.8 Å². The lowest BCUT2D eigenvalue weighted by Crippen LogP contribution is -2.26. The molecule has 3 aromatic rings. The van der Waals surface area contributed by atoms with Gasteiger partial charge in [0.1, 0.15) is 5.82 Å². The van der Waals surface area contributed by atoms with E-state index >= 15 is 0 Å². The van der Waals surface area contributed by atoms with Crippen molar-refractivity contribution >= 4 is 16.9 Å². The zero-order chi connectivity index (χ0) is 19.2. The van der Waals surface area contributed by atoms with Gasteiger partial charge < -0.3 is 19.4 Å². The Kier molecular flexibility index (Phi) is 5.96. The number of carbonyl (C=O) groups excluding carboxylic acids is 1. The van der Waals surface area contributed by atoms with Gasteiger partial charge in [0.25, 0.3) is 0 Å². The largest absolute Gasteiger partial charge is 0.493 e. The minimum absolute atomic E-state index is 0.0689. The lowest BCUT2D eigenvalue weighted by molar-refractivity contribution is -0.119. The molecule has 0 aliphatic heterocycles. The zero-order valence-corrected chi connectivity index (χ0v) is 15.9. The number of hydrogen-bond acceptors (Lipinski definition) is 4. The molecule has 0 spiro atoms. The van der Waals surface area contributed by atoms with E-state index in [2.05, 4.69) is 9.88 Å². The Morgan fingerprint density at radius 3 is 2.59 bits per heavy atom. The minimum Gasteiger partial charge on any atom is -0.493 e. The van der Waals surface area contributed by atoms with E-state index in [1.807, 2.05) is 55.5 Å². The maximum absolute atomic E-state index is 11.5. The average Bonchev–Trinajstić information content (AvgIpc) is 3.04. The van der Waals surface area contributed by atoms with Crippen LogP contribution in [0.5, 0.6) is 11.5 Å². The molecule has 142 valence electrons. The molecule has 0 bridgehead atoms. The van der Waals surface area contributed by atoms with Crippen LogP contribution in [0, 0.1) is 0 Å². The summed E-state index contributed by atoms with van der Waals surface area (Å²) in [5, 5.41) is 2.92. The second-order valence-corrected chi connectivity index (χ2v) is 6.39. The fourth-order valence-corrected chi connectivity index (χ4v) is 3.17. The van der Waals surface area contributed by atoms with Crippen LogP contribution in [-0.2, 0) is 11.3 Å². The predicted molar refractivity (Wildman–Crippen MR) is 105 cm³/mol. The van der Waals surface area contributed by atoms with Gasteiger partial charge >= 0.3 is 0 Å². The van der Waals surface area contributed by atoms with E-state index in [-0.39, 0.29) is 11.9 Å². The van der Waals surface area contributed by atoms with Gasteiger partial charge in [0.2, 0.25) is 5.91 Å². The minimum atomic E-state index is -0.162. The molecule has 27 heavy (non-hydrogen) atoms. The second-order valence-electron chi connectivity index (χ2n) is 6.39. The van der Waals surface area contributed by atoms with Crippen molar-refractivity contribution in [3.63, 3.8) is 0 Å². The van der Waals surface area contributed by atoms with Gasteiger partial charge in [-0.3, -0.25) is 4.79 Å². The van der Waals surface area contributed by atoms with Crippen molar-refractivity contribution in [2.24, 2.45) is 0 Å². The Hall–Kier alpha value is -3.02. The van der Waals surface area contributed by atoms with Crippen molar-refractivity contribution in [1.29, 1.82) is 0 Å². The fourth-order valence-electron chi connectivity index (χ4n) is 3.17. The Morgan fingerprint density at radius 1 is 1.15 bits per heavy atom. The van der Waals surface area contributed by atoms with Gasteiger partial charge in [-0.05, 0) is 37.6 Å². The number of rotatable bonds is 8. The lowest BCUT2D eigenvalue weighted by atomic mass is 10.3. The normalized spacial score (nSPS) is 12.0. The number of hydrogen-bond donors (Lipinski definition) is 1. The first kappa shape index (κ1) is 18.8. The van der Waals surface area contributed by atoms with Crippen molar-refractivity contribution in [2.75, 3.05) is 13.7 Å². The second kappa shape index (κ2) is 8.58. The summed E-state index contributed by atoms with van der Waals surface area (Å²) in [7, 11) is 1.63. The molecular weight excluding hydrogens is 342 g/mol. The third kappa shape index (κ3) is 4.39. The summed E-state index contributed by atoms with van der Waals surface area (Å²) < 4.78 is 13.3. The van der Waals surface area contributed by atoms with Crippen molar-refractivity contribution in [3.8, 4) is 11.5 Å². The van der Waals surface area contributed by atoms with Crippen molar-refractivity contribution in [3.05, 3.63) is 54.4 Å². The van der Waals surface area contributed by atoms with Gasteiger partial charge in [-0.25, -0.2) is 4.98 Å². The summed E-state index contributed by atoms with van der Waals surface area (Å²) in [6, 6.07) is 15.5. The number of carbonyl (C=O) groups is 1. The standard InChI is InChI=1S/C21H25N3O3/c1-15(22-16(2)25)21-23-17-9-4-5-10-18(17)24(21)13-8-14-27-20-12-7-6-11-19(20)26-3/h4-7,9-12,15H,8,13-14H2,1-3H3,(H,22,25). The Bertz CT molecular complexity index is 920. The third-order valence-corrected chi connectivity index (χ3v) is 4.34. The van der Waals surface area contributed by atoms with Gasteiger partial charge in [-0.2, -0.15) is 0 Å². The summed E-state index contributed by atoms with van der Waals surface area (Å²) in [4.78, 5) is 16.2. The molecule has 2 aromatic carbocycles. The summed E-state index contributed by atoms with van der Waals surface area (Å²) in [5.74, 6) is 2.25. The molecule has 0 aliphatic rings. The smallest absolute Gasteiger partial charge is 0.217 e. The van der Waals surface area contributed by atoms with E-state index in [1.165, 1.54) is 6.92 Å². The van der Waals surface area contributed by atoms with Gasteiger partial charge in [-0.15, -0.1) is 0 Å². The van der Waals surface area contributed by atoms with Gasteiger partial charge in [0, 0.05) is 13.5 Å². The van der Waals surface area contributed by atoms with Crippen LogP contribution in [0.4, 0.5) is 0 Å². The first-order chi connectivity index (χ1) is 13.1. The van der Waals surface area contributed by atoms with Crippen molar-refractivity contribution in [1.82, 2.24) is 14.9 Å². The van der Waals surface area contributed by atoms with Crippen LogP contribution in [-0.4, -0.2) is 29.2 Å². The molecule has 1 atom stereocenters. The molecule has 0 aliphatic carbocycles. The van der Waals surface area contributed by atoms with Crippen LogP contribution in [0.2, 0.25) is 0 Å². The quantitative estimate of drug-likeness (QED) is 0.617. The number of aromatic nitrogens is 2. The van der Waals surface area contributed by atoms with Gasteiger partial charge in [0.05, 0.1) is 30.8 Å². The van der Waals surface area contributed by atoms with E-state index in [4.69, 9.17) is 14.5 Å². The number of para-hydroxylation sites is 4. The molecule has 6 heteroatoms. The van der Waals surface area contributed by atoms with E-state index in [0.29, 0.717) is 6.61 Å². The van der Waals surface area contributed by atoms with Crippen LogP contribution in [0.15, 0.2) is 48.5 Å². The first-order valence-electron chi connectivity index (χ1n) is 9.08. The van der Waals surface area contributed by atoms with E-state index in [0.717, 1.165) is 41.3 Å². The van der Waals surface area contributed by atoms with Crippen molar-refractivity contribution in [2.45, 2.75) is 32.9 Å². The van der Waals surface area contributed by atoms with E-state index in [9.17, 15) is 4.79 Å². The molecule has 1 unspecified atom stereocenters. The Morgan fingerprint density at radius 2 is 1.85 bits per heavy atom. The molecule has 1 N–H and O–H groups in total. The number of methoxy groups -OCH3 is 1. The van der Waals surface area contributed by atoms with Gasteiger partial charge in [-0.1, -0.05) is 24.3 Å². The Balaban J connectivity index is 1.72. The first-order valence-corrected chi connectivity index (χ1v) is 9.08. The topological polar surface area (TPSA) is 65.4 Å². The molecule has 0 radical (unpaired) electrons. The number of nitrogens with one attached hydrogen (secondary N) is 1. The number of amides is 1. The molecule has 6 nitrogen and oxygen atoms in total.